The summed E-state index contributed by atoms with van der Waals surface area (Å²) in [5.41, 5.74) is 1.68. The fourth-order valence-electron chi connectivity index (χ4n) is 3.08. The number of nitrogens with one attached hydrogen (secondary N) is 1. The van der Waals surface area contributed by atoms with E-state index in [-0.39, 0.29) is 11.8 Å². The Labute approximate surface area is 173 Å². The number of halogens is 4. The molecule has 0 aromatic heterocycles. The highest BCUT2D eigenvalue weighted by Gasteiger charge is 2.25. The maximum atomic E-state index is 12.5. The molecule has 1 N–H and O–H groups in total. The molecule has 1 saturated heterocycles. The van der Waals surface area contributed by atoms with E-state index in [0.29, 0.717) is 25.8 Å². The molecule has 138 valence electrons. The summed E-state index contributed by atoms with van der Waals surface area (Å²) in [5, 5.41) is 5.05. The molecule has 0 atom stereocenters. The smallest absolute Gasteiger partial charge is 0.227 e. The molecule has 3 nitrogen and oxygen atoms in total. The molecule has 1 heterocycles. The molecule has 0 bridgehead atoms. The summed E-state index contributed by atoms with van der Waals surface area (Å²) in [6.07, 6.45) is 1.59. The summed E-state index contributed by atoms with van der Waals surface area (Å²) in [4.78, 5) is 14.8. The third-order valence-corrected chi connectivity index (χ3v) is 5.84. The second kappa shape index (κ2) is 8.81. The molecule has 1 aliphatic heterocycles. The van der Waals surface area contributed by atoms with Crippen molar-refractivity contribution in [1.82, 2.24) is 4.90 Å². The quantitative estimate of drug-likeness (QED) is 0.629. The van der Waals surface area contributed by atoms with Crippen molar-refractivity contribution in [2.45, 2.75) is 19.4 Å². The van der Waals surface area contributed by atoms with Gasteiger partial charge in [-0.05, 0) is 61.8 Å². The van der Waals surface area contributed by atoms with Gasteiger partial charge in [-0.1, -0.05) is 52.5 Å². The predicted molar refractivity (Wildman–Crippen MR) is 110 cm³/mol. The SMILES string of the molecule is O=C(Nc1cc(Cl)ccc1Cl)C1CCN(Cc2ccc(Cl)c(Cl)c2)CC1. The molecular formula is C19H18Cl4N2O. The van der Waals surface area contributed by atoms with E-state index in [1.807, 2.05) is 18.2 Å². The summed E-state index contributed by atoms with van der Waals surface area (Å²) >= 11 is 24.1. The normalized spacial score (nSPS) is 15.8. The van der Waals surface area contributed by atoms with Crippen molar-refractivity contribution in [3.05, 3.63) is 62.1 Å². The third kappa shape index (κ3) is 5.05. The van der Waals surface area contributed by atoms with Crippen LogP contribution in [0, 0.1) is 5.92 Å². The second-order valence-corrected chi connectivity index (χ2v) is 8.07. The first-order valence-electron chi connectivity index (χ1n) is 8.34. The summed E-state index contributed by atoms with van der Waals surface area (Å²) in [7, 11) is 0. The summed E-state index contributed by atoms with van der Waals surface area (Å²) in [6, 6.07) is 10.7. The van der Waals surface area contributed by atoms with Crippen LogP contribution in [0.15, 0.2) is 36.4 Å². The van der Waals surface area contributed by atoms with Gasteiger partial charge < -0.3 is 5.32 Å². The summed E-state index contributed by atoms with van der Waals surface area (Å²) in [6.45, 7) is 2.49. The summed E-state index contributed by atoms with van der Waals surface area (Å²) < 4.78 is 0. The monoisotopic (exact) mass is 430 g/mol. The lowest BCUT2D eigenvalue weighted by Crippen LogP contribution is -2.37. The van der Waals surface area contributed by atoms with Crippen LogP contribution in [-0.4, -0.2) is 23.9 Å². The zero-order valence-electron chi connectivity index (χ0n) is 13.9. The number of carbonyl (C=O) groups is 1. The van der Waals surface area contributed by atoms with Gasteiger partial charge in [-0.25, -0.2) is 0 Å². The third-order valence-electron chi connectivity index (χ3n) is 4.53. The zero-order chi connectivity index (χ0) is 18.7. The Morgan fingerprint density at radius 1 is 0.962 bits per heavy atom. The number of likely N-dealkylation sites (tertiary alicyclic amines) is 1. The van der Waals surface area contributed by atoms with E-state index < -0.39 is 0 Å². The highest BCUT2D eigenvalue weighted by molar-refractivity contribution is 6.42. The number of hydrogen-bond acceptors (Lipinski definition) is 2. The number of benzene rings is 2. The van der Waals surface area contributed by atoms with E-state index in [2.05, 4.69) is 10.2 Å². The van der Waals surface area contributed by atoms with Crippen molar-refractivity contribution in [3.63, 3.8) is 0 Å². The van der Waals surface area contributed by atoms with Crippen LogP contribution in [0.25, 0.3) is 0 Å². The fraction of sp³-hybridized carbons (Fsp3) is 0.316. The molecule has 0 aliphatic carbocycles. The minimum atomic E-state index is -0.0323. The molecule has 0 radical (unpaired) electrons. The lowest BCUT2D eigenvalue weighted by Gasteiger charge is -2.31. The number of amides is 1. The van der Waals surface area contributed by atoms with E-state index in [1.165, 1.54) is 0 Å². The average Bonchev–Trinajstić information content (AvgIpc) is 2.62. The van der Waals surface area contributed by atoms with E-state index in [9.17, 15) is 4.79 Å². The molecule has 0 saturated carbocycles. The van der Waals surface area contributed by atoms with Crippen molar-refractivity contribution < 1.29 is 4.79 Å². The molecule has 26 heavy (non-hydrogen) atoms. The van der Waals surface area contributed by atoms with Gasteiger partial charge in [0, 0.05) is 17.5 Å². The van der Waals surface area contributed by atoms with Crippen LogP contribution in [0.1, 0.15) is 18.4 Å². The number of carbonyl (C=O) groups excluding carboxylic acids is 1. The van der Waals surface area contributed by atoms with Gasteiger partial charge in [-0.3, -0.25) is 9.69 Å². The van der Waals surface area contributed by atoms with Crippen LogP contribution in [0.4, 0.5) is 5.69 Å². The first kappa shape index (κ1) is 19.8. The molecule has 1 fully saturated rings. The Kier molecular flexibility index (Phi) is 6.70. The zero-order valence-corrected chi connectivity index (χ0v) is 17.0. The summed E-state index contributed by atoms with van der Waals surface area (Å²) in [5.74, 6) is -0.0431. The molecule has 0 spiro atoms. The van der Waals surface area contributed by atoms with Crippen LogP contribution in [-0.2, 0) is 11.3 Å². The maximum Gasteiger partial charge on any atom is 0.227 e. The lowest BCUT2D eigenvalue weighted by atomic mass is 9.95. The molecule has 7 heteroatoms. The lowest BCUT2D eigenvalue weighted by molar-refractivity contribution is -0.121. The Bertz CT molecular complexity index is 804. The van der Waals surface area contributed by atoms with Gasteiger partial charge in [-0.2, -0.15) is 0 Å². The van der Waals surface area contributed by atoms with E-state index >= 15 is 0 Å². The minimum absolute atomic E-state index is 0.0108. The average molecular weight is 432 g/mol. The molecule has 1 aliphatic rings. The van der Waals surface area contributed by atoms with Crippen molar-refractivity contribution >= 4 is 58.0 Å². The molecule has 1 amide bonds. The van der Waals surface area contributed by atoms with Gasteiger partial charge >= 0.3 is 0 Å². The van der Waals surface area contributed by atoms with Gasteiger partial charge in [-0.15, -0.1) is 0 Å². The topological polar surface area (TPSA) is 32.3 Å². The maximum absolute atomic E-state index is 12.5. The Hall–Kier alpha value is -0.970. The van der Waals surface area contributed by atoms with E-state index in [0.717, 1.165) is 38.0 Å². The van der Waals surface area contributed by atoms with E-state index in [1.54, 1.807) is 18.2 Å². The standard InChI is InChI=1S/C19H18Cl4N2O/c20-14-2-4-16(22)18(10-14)24-19(26)13-5-7-25(8-6-13)11-12-1-3-15(21)17(23)9-12/h1-4,9-10,13H,5-8,11H2,(H,24,26). The fourth-order valence-corrected chi connectivity index (χ4v) is 3.74. The number of anilines is 1. The molecular weight excluding hydrogens is 414 g/mol. The van der Waals surface area contributed by atoms with Crippen LogP contribution in [0.5, 0.6) is 0 Å². The molecule has 2 aromatic rings. The van der Waals surface area contributed by atoms with Crippen LogP contribution >= 0.6 is 46.4 Å². The number of nitrogens with zero attached hydrogens (tertiary/aromatic N) is 1. The first-order valence-corrected chi connectivity index (χ1v) is 9.86. The number of rotatable bonds is 4. The molecule has 3 rings (SSSR count). The van der Waals surface area contributed by atoms with E-state index in [4.69, 9.17) is 46.4 Å². The molecule has 2 aromatic carbocycles. The van der Waals surface area contributed by atoms with Gasteiger partial charge in [0.25, 0.3) is 0 Å². The van der Waals surface area contributed by atoms with Crippen LogP contribution in [0.3, 0.4) is 0 Å². The minimum Gasteiger partial charge on any atom is -0.324 e. The number of piperidine rings is 1. The predicted octanol–water partition coefficient (Wildman–Crippen LogP) is 6.15. The second-order valence-electron chi connectivity index (χ2n) is 6.41. The van der Waals surface area contributed by atoms with Gasteiger partial charge in [0.15, 0.2) is 0 Å². The largest absolute Gasteiger partial charge is 0.324 e. The Morgan fingerprint density at radius 3 is 2.35 bits per heavy atom. The van der Waals surface area contributed by atoms with Gasteiger partial charge in [0.05, 0.1) is 20.8 Å². The Balaban J connectivity index is 1.53. The first-order chi connectivity index (χ1) is 12.4. The van der Waals surface area contributed by atoms with Gasteiger partial charge in [0.1, 0.15) is 0 Å². The van der Waals surface area contributed by atoms with Crippen molar-refractivity contribution in [2.24, 2.45) is 5.92 Å². The van der Waals surface area contributed by atoms with Crippen molar-refractivity contribution in [2.75, 3.05) is 18.4 Å². The van der Waals surface area contributed by atoms with Crippen LogP contribution < -0.4 is 5.32 Å². The van der Waals surface area contributed by atoms with Crippen molar-refractivity contribution in [3.8, 4) is 0 Å². The molecule has 0 unspecified atom stereocenters. The highest BCUT2D eigenvalue weighted by atomic mass is 35.5. The Morgan fingerprint density at radius 2 is 1.65 bits per heavy atom. The highest BCUT2D eigenvalue weighted by Crippen LogP contribution is 2.28. The number of hydrogen-bond donors (Lipinski definition) is 1. The van der Waals surface area contributed by atoms with Crippen LogP contribution in [0.2, 0.25) is 20.1 Å². The van der Waals surface area contributed by atoms with Crippen molar-refractivity contribution in [1.29, 1.82) is 0 Å². The van der Waals surface area contributed by atoms with Gasteiger partial charge in [0.2, 0.25) is 5.91 Å².